The topological polar surface area (TPSA) is 647 Å². The molecule has 0 bridgehead atoms. The molecule has 58 heteroatoms. The van der Waals surface area contributed by atoms with Crippen LogP contribution in [-0.4, -0.2) is 319 Å². The summed E-state index contributed by atoms with van der Waals surface area (Å²) in [7, 11) is -27.3. The van der Waals surface area contributed by atoms with Gasteiger partial charge in [0.1, 0.15) is 56.2 Å². The van der Waals surface area contributed by atoms with Crippen LogP contribution >= 0.6 is 37.5 Å². The van der Waals surface area contributed by atoms with Gasteiger partial charge in [0.15, 0.2) is 52.3 Å². The van der Waals surface area contributed by atoms with Gasteiger partial charge >= 0.3 is 92.3 Å². The Hall–Kier alpha value is -8.37. The highest BCUT2D eigenvalue weighted by Crippen LogP contribution is 2.50. The number of halogens is 3. The van der Waals surface area contributed by atoms with Crippen molar-refractivity contribution in [1.82, 2.24) is 9.62 Å². The number of carbonyl (C=O) groups excluding carboxylic acids is 9. The largest absolute Gasteiger partial charge is 0.523 e. The van der Waals surface area contributed by atoms with Crippen molar-refractivity contribution in [3.63, 3.8) is 0 Å². The smallest absolute Gasteiger partial charge is 0.497 e. The lowest BCUT2D eigenvalue weighted by Crippen LogP contribution is -2.51. The minimum absolute atomic E-state index is 0.00681. The number of methoxy groups -OCH3 is 1. The number of hydrogen-bond acceptors (Lipinski definition) is 44. The van der Waals surface area contributed by atoms with Gasteiger partial charge in [0.25, 0.3) is 0 Å². The lowest BCUT2D eigenvalue weighted by molar-refractivity contribution is -0.148. The van der Waals surface area contributed by atoms with E-state index in [4.69, 9.17) is 95.3 Å². The van der Waals surface area contributed by atoms with Gasteiger partial charge in [0.2, 0.25) is 24.8 Å². The third-order valence-corrected chi connectivity index (χ3v) is 25.3. The Morgan fingerprint density at radius 1 is 0.493 bits per heavy atom. The maximum absolute atomic E-state index is 13.9. The van der Waals surface area contributed by atoms with Crippen LogP contribution in [0.2, 0.25) is 0 Å². The van der Waals surface area contributed by atoms with Gasteiger partial charge in [0.05, 0.1) is 109 Å². The first-order valence-corrected chi connectivity index (χ1v) is 55.1. The van der Waals surface area contributed by atoms with Crippen molar-refractivity contribution in [2.75, 3.05) is 184 Å². The average molecular weight is 2150 g/mol. The number of amides is 1. The number of alkyl carbamates (subject to hydrolysis) is 1. The van der Waals surface area contributed by atoms with Gasteiger partial charge in [-0.2, -0.15) is 25.9 Å². The second-order valence-corrected chi connectivity index (χ2v) is 42.6. The summed E-state index contributed by atoms with van der Waals surface area (Å²) in [5, 5.41) is 38.9. The molecule has 2 heterocycles. The number of aliphatic hydroxyl groups excluding tert-OH is 4. The fraction of sp³-hybridized carbons (Fsp3) is 0.598. The van der Waals surface area contributed by atoms with Gasteiger partial charge in [-0.3, -0.25) is 45.1 Å². The molecule has 0 radical (unpaired) electrons. The van der Waals surface area contributed by atoms with E-state index in [0.29, 0.717) is 37.6 Å². The van der Waals surface area contributed by atoms with Gasteiger partial charge in [0, 0.05) is 26.4 Å². The molecule has 1 amide bonds. The molecule has 2 saturated heterocycles. The first kappa shape index (κ1) is 132. The molecule has 4 aromatic carbocycles. The van der Waals surface area contributed by atoms with Crippen LogP contribution in [0.3, 0.4) is 0 Å². The number of nitrogens with zero attached hydrogens (tertiary/aromatic N) is 1. The Balaban J connectivity index is 0.00000190. The Morgan fingerprint density at radius 3 is 1.25 bits per heavy atom. The highest BCUT2D eigenvalue weighted by atomic mass is 32.2. The fourth-order valence-electron chi connectivity index (χ4n) is 10.0. The van der Waals surface area contributed by atoms with E-state index in [1.807, 2.05) is 74.5 Å². The Labute approximate surface area is 809 Å². The number of ether oxygens (including phenoxy) is 15. The van der Waals surface area contributed by atoms with Gasteiger partial charge < -0.3 is 116 Å². The second-order valence-electron chi connectivity index (χ2n) is 28.3. The zero-order chi connectivity index (χ0) is 106. The Kier molecular flexibility index (Phi) is 66.9. The van der Waals surface area contributed by atoms with E-state index in [-0.39, 0.29) is 108 Å². The van der Waals surface area contributed by atoms with E-state index in [2.05, 4.69) is 37.5 Å². The molecular weight excluding hydrogens is 2020 g/mol. The maximum Gasteiger partial charge on any atom is 0.523 e. The van der Waals surface area contributed by atoms with Crippen LogP contribution in [-0.2, 0) is 194 Å². The van der Waals surface area contributed by atoms with E-state index in [1.165, 1.54) is 61.4 Å². The van der Waals surface area contributed by atoms with E-state index in [0.717, 1.165) is 17.8 Å². The quantitative estimate of drug-likeness (QED) is 0.00720. The van der Waals surface area contributed by atoms with E-state index in [1.54, 1.807) is 60.6 Å². The first-order valence-electron chi connectivity index (χ1n) is 42.5. The van der Waals surface area contributed by atoms with Crippen LogP contribution in [0.1, 0.15) is 92.3 Å². The molecule has 0 spiro atoms. The normalized spacial score (nSPS) is 15.1. The number of alkyl halides is 3. The van der Waals surface area contributed by atoms with Gasteiger partial charge in [-0.15, -0.1) is 0 Å². The van der Waals surface area contributed by atoms with Crippen LogP contribution in [0.25, 0.3) is 0 Å². The standard InChI is InChI=1S/C37H53N2O16PS.C16H23O8P.C8H11O4P.C7H12F3O7PS.C6H13O5P.2C4H8O3/c1-6-48-34(41)22-53-56(44,54-23-35(42)49-7-2)24-52-28-10-8-26(9-11-28)18-31(38-37(43)55-33-21-51-36-30(33)16-17-50-36)32(40)20-39(19-25(3)4)57(45,46)29-14-12-27(47-5)13-15-29;1-3-21-15(17)11-23-25(19,24-12-16(18)22-4-2)13-20-10-14-8-6-5-7-9-14;9-13(10,11)7-12-6-8-4-2-1-3-5-8;1-3-15-6(11)4-16-18(2,12)5-17-19(13,14)7(8,9)10;1-3-10-6(8)4-11-12(2,9)5-7;2*1-2-7-4(6)3-5/h8-15,25,30-33,36,40H,6-7,16-24H2,1-5H3,(H,38,43);5-9H,3-4,10-13H2,1-2H3;1-5H,6-7H2,(H2,9,10,11);3-5H2,1-2H3;7H,3-5H2,1-2H3;2*5H,2-3H2,1H3/t30-,31-,32+,33-,36+;;;;;;/m0....../s1. The predicted octanol–water partition coefficient (Wildman–Crippen LogP) is 8.15. The number of fused-ring (bicyclic) bond motifs is 1. The third-order valence-electron chi connectivity index (χ3n) is 16.3. The number of rotatable bonds is 55. The summed E-state index contributed by atoms with van der Waals surface area (Å²) in [6, 6.07) is 29.6. The number of sulfonamides is 1. The molecule has 140 heavy (non-hydrogen) atoms. The first-order chi connectivity index (χ1) is 65.8. The Bertz CT molecular complexity index is 4690. The summed E-state index contributed by atoms with van der Waals surface area (Å²) in [4.78, 5) is 118. The van der Waals surface area contributed by atoms with Crippen molar-refractivity contribution in [3.05, 3.63) is 126 Å². The summed E-state index contributed by atoms with van der Waals surface area (Å²) in [6.45, 7) is 16.2. The number of benzene rings is 4. The van der Waals surface area contributed by atoms with Crippen molar-refractivity contribution in [1.29, 1.82) is 0 Å². The van der Waals surface area contributed by atoms with Crippen molar-refractivity contribution < 1.29 is 229 Å². The zero-order valence-corrected chi connectivity index (χ0v) is 85.6. The number of carbonyl (C=O) groups is 9. The summed E-state index contributed by atoms with van der Waals surface area (Å²) < 4.78 is 252. The highest BCUT2D eigenvalue weighted by molar-refractivity contribution is 7.89. The molecular formula is C82H128F3N2O46P5S2. The lowest BCUT2D eigenvalue weighted by Gasteiger charge is -2.31. The van der Waals surface area contributed by atoms with E-state index >= 15 is 0 Å². The molecule has 2 aliphatic rings. The summed E-state index contributed by atoms with van der Waals surface area (Å²) in [6.07, 6.45) is -6.10. The molecule has 7 atom stereocenters. The number of aliphatic hydroxyl groups is 4. The van der Waals surface area contributed by atoms with Gasteiger partial charge in [-0.25, -0.2) is 51.6 Å². The lowest BCUT2D eigenvalue weighted by atomic mass is 10.0. The second kappa shape index (κ2) is 71.2. The fourth-order valence-corrected chi connectivity index (χ4v) is 16.6. The molecule has 800 valence electrons. The summed E-state index contributed by atoms with van der Waals surface area (Å²) >= 11 is 0. The average Bonchev–Trinajstić information content (AvgIpc) is 1.30. The molecule has 0 aromatic heterocycles. The highest BCUT2D eigenvalue weighted by Gasteiger charge is 2.49. The molecule has 7 N–H and O–H groups in total. The van der Waals surface area contributed by atoms with Gasteiger partial charge in [-0.1, -0.05) is 86.6 Å². The molecule has 2 fully saturated rings. The van der Waals surface area contributed by atoms with Crippen LogP contribution in [0, 0.1) is 11.8 Å². The third kappa shape index (κ3) is 60.9. The number of esters is 8. The number of hydrogen-bond donors (Lipinski definition) is 7. The van der Waals surface area contributed by atoms with E-state index < -0.39 is 220 Å². The van der Waals surface area contributed by atoms with Crippen molar-refractivity contribution in [3.8, 4) is 11.5 Å². The molecule has 2 aliphatic heterocycles. The molecule has 4 aromatic rings. The molecule has 0 saturated carbocycles. The van der Waals surface area contributed by atoms with Crippen molar-refractivity contribution >= 4 is 112 Å². The van der Waals surface area contributed by atoms with Crippen LogP contribution in [0.4, 0.5) is 18.0 Å². The molecule has 2 unspecified atom stereocenters. The maximum atomic E-state index is 13.9. The number of nitrogens with one attached hydrogen (secondary N) is 1. The van der Waals surface area contributed by atoms with E-state index in [9.17, 15) is 101 Å². The predicted molar refractivity (Wildman–Crippen MR) is 487 cm³/mol. The van der Waals surface area contributed by atoms with Crippen LogP contribution < -0.4 is 14.8 Å². The van der Waals surface area contributed by atoms with Gasteiger partial charge in [-0.05, 0) is 127 Å². The van der Waals surface area contributed by atoms with Crippen molar-refractivity contribution in [2.45, 2.75) is 130 Å². The Morgan fingerprint density at radius 2 is 0.879 bits per heavy atom. The molecule has 0 aliphatic carbocycles. The van der Waals surface area contributed by atoms with Crippen LogP contribution in [0.5, 0.6) is 11.5 Å². The monoisotopic (exact) mass is 2150 g/mol. The molecule has 6 rings (SSSR count). The summed E-state index contributed by atoms with van der Waals surface area (Å²) in [5.41, 5.74) is -3.26. The zero-order valence-electron chi connectivity index (χ0n) is 79.5. The summed E-state index contributed by atoms with van der Waals surface area (Å²) in [5.74, 6) is -5.14. The molecule has 48 nitrogen and oxygen atoms in total. The minimum Gasteiger partial charge on any atom is -0.497 e. The van der Waals surface area contributed by atoms with Crippen LogP contribution in [0.15, 0.2) is 114 Å². The van der Waals surface area contributed by atoms with Crippen molar-refractivity contribution in [2.24, 2.45) is 11.8 Å². The SMILES string of the molecule is CCOC(=O)CO.CCOC(=O)CO.CCOC(=O)COP(=O)(COCc1ccccc1)OCC(=O)OCC.CCOC(=O)COP(=O)(COc1ccc(C[C@H](NC(=O)O[C@H]2CO[C@H]3OCC[C@H]32)[C@H](O)CN(CC(C)C)S(=O)(=O)c2ccc(OC)cc2)cc1)OCC(=O)OCC.CCOC(=O)COP(C)(=O)CO.CCOC(=O)COP(C)(=O)COS(=O)(=O)C(F)(F)F.O=P(O)(O)COCc1ccccc1. The minimum atomic E-state index is -5.85.